The predicted molar refractivity (Wildman–Crippen MR) is 115 cm³/mol. The molecule has 1 amide bonds. The molecule has 1 aliphatic rings. The second kappa shape index (κ2) is 9.67. The van der Waals surface area contributed by atoms with E-state index in [0.717, 1.165) is 42.0 Å². The summed E-state index contributed by atoms with van der Waals surface area (Å²) in [5, 5.41) is 3.08. The zero-order valence-electron chi connectivity index (χ0n) is 17.6. The van der Waals surface area contributed by atoms with Crippen molar-refractivity contribution in [2.24, 2.45) is 0 Å². The Morgan fingerprint density at radius 3 is 2.69 bits per heavy atom. The fourth-order valence-electron chi connectivity index (χ4n) is 3.68. The van der Waals surface area contributed by atoms with Crippen molar-refractivity contribution in [1.82, 2.24) is 19.9 Å². The van der Waals surface area contributed by atoms with Crippen LogP contribution in [-0.2, 0) is 4.79 Å². The van der Waals surface area contributed by atoms with Crippen LogP contribution in [0.4, 0.5) is 14.6 Å². The number of aromatic nitrogens is 3. The lowest BCUT2D eigenvalue weighted by Gasteiger charge is -2.32. The fraction of sp³-hybridized carbons (Fsp3) is 0.304. The van der Waals surface area contributed by atoms with Crippen molar-refractivity contribution in [2.45, 2.75) is 18.8 Å². The molecule has 0 aliphatic carbocycles. The molecule has 1 N–H and O–H groups in total. The molecule has 0 atom stereocenters. The number of nitrogens with one attached hydrogen (secondary N) is 1. The summed E-state index contributed by atoms with van der Waals surface area (Å²) in [6, 6.07) is 8.69. The first-order valence-electron chi connectivity index (χ1n) is 10.4. The van der Waals surface area contributed by atoms with E-state index in [2.05, 4.69) is 15.3 Å². The molecule has 3 heterocycles. The van der Waals surface area contributed by atoms with Gasteiger partial charge in [0, 0.05) is 61.8 Å². The maximum Gasteiger partial charge on any atom is 0.260 e. The van der Waals surface area contributed by atoms with Crippen molar-refractivity contribution >= 4 is 11.7 Å². The number of halogens is 2. The van der Waals surface area contributed by atoms with E-state index in [9.17, 15) is 13.6 Å². The quantitative estimate of drug-likeness (QED) is 0.632. The van der Waals surface area contributed by atoms with Crippen LogP contribution in [0.25, 0.3) is 11.4 Å². The van der Waals surface area contributed by atoms with Gasteiger partial charge in [-0.3, -0.25) is 9.78 Å². The average molecular weight is 439 g/mol. The second-order valence-electron chi connectivity index (χ2n) is 7.51. The number of benzene rings is 1. The van der Waals surface area contributed by atoms with E-state index in [1.165, 1.54) is 6.07 Å². The Labute approximate surface area is 184 Å². The van der Waals surface area contributed by atoms with Crippen molar-refractivity contribution in [2.75, 3.05) is 32.1 Å². The van der Waals surface area contributed by atoms with Crippen LogP contribution in [0.5, 0.6) is 5.75 Å². The van der Waals surface area contributed by atoms with E-state index >= 15 is 0 Å². The van der Waals surface area contributed by atoms with E-state index in [-0.39, 0.29) is 24.2 Å². The summed E-state index contributed by atoms with van der Waals surface area (Å²) in [7, 11) is 1.81. The monoisotopic (exact) mass is 439 g/mol. The zero-order valence-corrected chi connectivity index (χ0v) is 17.6. The lowest BCUT2D eigenvalue weighted by atomic mass is 9.93. The van der Waals surface area contributed by atoms with Gasteiger partial charge in [0.25, 0.3) is 5.91 Å². The van der Waals surface area contributed by atoms with Crippen LogP contribution in [0, 0.1) is 11.6 Å². The number of likely N-dealkylation sites (tertiary alicyclic amines) is 1. The summed E-state index contributed by atoms with van der Waals surface area (Å²) < 4.78 is 31.9. The van der Waals surface area contributed by atoms with Gasteiger partial charge in [-0.2, -0.15) is 0 Å². The SMILES string of the molecule is CNc1cc(C2CCN(C(=O)COc3ccc(F)cc3F)CC2)nc(-c2cccnc2)n1. The third kappa shape index (κ3) is 4.99. The molecule has 0 radical (unpaired) electrons. The first-order chi connectivity index (χ1) is 15.5. The van der Waals surface area contributed by atoms with Gasteiger partial charge in [0.1, 0.15) is 11.6 Å². The number of hydrogen-bond acceptors (Lipinski definition) is 6. The van der Waals surface area contributed by atoms with Gasteiger partial charge in [0.05, 0.1) is 0 Å². The normalized spacial score (nSPS) is 14.3. The molecule has 7 nitrogen and oxygen atoms in total. The summed E-state index contributed by atoms with van der Waals surface area (Å²) in [5.41, 5.74) is 1.75. The zero-order chi connectivity index (χ0) is 22.5. The lowest BCUT2D eigenvalue weighted by Crippen LogP contribution is -2.40. The van der Waals surface area contributed by atoms with Crippen molar-refractivity contribution < 1.29 is 18.3 Å². The number of rotatable bonds is 6. The van der Waals surface area contributed by atoms with Crippen LogP contribution in [-0.4, -0.2) is 52.5 Å². The molecule has 1 fully saturated rings. The largest absolute Gasteiger partial charge is 0.481 e. The van der Waals surface area contributed by atoms with Gasteiger partial charge in [-0.05, 0) is 37.1 Å². The summed E-state index contributed by atoms with van der Waals surface area (Å²) in [6.45, 7) is 0.787. The van der Waals surface area contributed by atoms with E-state index in [0.29, 0.717) is 18.9 Å². The lowest BCUT2D eigenvalue weighted by molar-refractivity contribution is -0.134. The molecular weight excluding hydrogens is 416 g/mol. The molecule has 0 unspecified atom stereocenters. The number of anilines is 1. The van der Waals surface area contributed by atoms with Crippen LogP contribution >= 0.6 is 0 Å². The Balaban J connectivity index is 1.38. The molecule has 3 aromatic rings. The van der Waals surface area contributed by atoms with Gasteiger partial charge in [-0.1, -0.05) is 0 Å². The smallest absolute Gasteiger partial charge is 0.260 e. The third-order valence-electron chi connectivity index (χ3n) is 5.43. The van der Waals surface area contributed by atoms with Gasteiger partial charge >= 0.3 is 0 Å². The van der Waals surface area contributed by atoms with Gasteiger partial charge in [-0.25, -0.2) is 18.7 Å². The van der Waals surface area contributed by atoms with E-state index in [1.54, 1.807) is 17.3 Å². The minimum absolute atomic E-state index is 0.141. The van der Waals surface area contributed by atoms with Crippen molar-refractivity contribution in [3.63, 3.8) is 0 Å². The molecule has 32 heavy (non-hydrogen) atoms. The third-order valence-corrected chi connectivity index (χ3v) is 5.43. The Morgan fingerprint density at radius 1 is 1.19 bits per heavy atom. The number of pyridine rings is 1. The van der Waals surface area contributed by atoms with Crippen molar-refractivity contribution in [3.8, 4) is 17.1 Å². The molecular formula is C23H23F2N5O2. The average Bonchev–Trinajstić information content (AvgIpc) is 2.83. The number of nitrogens with zero attached hydrogens (tertiary/aromatic N) is 4. The molecule has 1 aromatic carbocycles. The van der Waals surface area contributed by atoms with E-state index in [1.807, 2.05) is 25.2 Å². The highest BCUT2D eigenvalue weighted by Crippen LogP contribution is 2.29. The second-order valence-corrected chi connectivity index (χ2v) is 7.51. The highest BCUT2D eigenvalue weighted by Gasteiger charge is 2.26. The molecule has 0 bridgehead atoms. The first kappa shape index (κ1) is 21.6. The standard InChI is InChI=1S/C23H23F2N5O2/c1-26-21-12-19(28-23(29-21)16-3-2-8-27-13-16)15-6-9-30(10-7-15)22(31)14-32-20-5-4-17(24)11-18(20)25/h2-5,8,11-13,15H,6-7,9-10,14H2,1H3,(H,26,28,29). The molecule has 1 saturated heterocycles. The predicted octanol–water partition coefficient (Wildman–Crippen LogP) is 3.64. The summed E-state index contributed by atoms with van der Waals surface area (Å²) in [5.74, 6) is -0.388. The summed E-state index contributed by atoms with van der Waals surface area (Å²) in [6.07, 6.45) is 4.91. The minimum Gasteiger partial charge on any atom is -0.481 e. The molecule has 4 rings (SSSR count). The van der Waals surface area contributed by atoms with Crippen molar-refractivity contribution in [1.29, 1.82) is 0 Å². The van der Waals surface area contributed by atoms with E-state index < -0.39 is 11.6 Å². The van der Waals surface area contributed by atoms with Crippen LogP contribution in [0.2, 0.25) is 0 Å². The van der Waals surface area contributed by atoms with Crippen LogP contribution < -0.4 is 10.1 Å². The number of carbonyl (C=O) groups is 1. The number of hydrogen-bond donors (Lipinski definition) is 1. The Hall–Kier alpha value is -3.62. The highest BCUT2D eigenvalue weighted by atomic mass is 19.1. The molecule has 166 valence electrons. The number of piperidine rings is 1. The molecule has 9 heteroatoms. The Kier molecular flexibility index (Phi) is 6.53. The van der Waals surface area contributed by atoms with Crippen molar-refractivity contribution in [3.05, 3.63) is 66.1 Å². The van der Waals surface area contributed by atoms with Gasteiger partial charge in [0.2, 0.25) is 0 Å². The molecule has 0 saturated carbocycles. The maximum absolute atomic E-state index is 13.7. The maximum atomic E-state index is 13.7. The topological polar surface area (TPSA) is 80.2 Å². The molecule has 1 aliphatic heterocycles. The molecule has 2 aromatic heterocycles. The number of amides is 1. The molecule has 0 spiro atoms. The van der Waals surface area contributed by atoms with Crippen LogP contribution in [0.15, 0.2) is 48.8 Å². The Morgan fingerprint density at radius 2 is 2.00 bits per heavy atom. The highest BCUT2D eigenvalue weighted by molar-refractivity contribution is 5.77. The minimum atomic E-state index is -0.829. The fourth-order valence-corrected chi connectivity index (χ4v) is 3.68. The number of ether oxygens (including phenoxy) is 1. The van der Waals surface area contributed by atoms with Crippen LogP contribution in [0.3, 0.4) is 0 Å². The van der Waals surface area contributed by atoms with Gasteiger partial charge in [0.15, 0.2) is 24.0 Å². The summed E-state index contributed by atoms with van der Waals surface area (Å²) in [4.78, 5) is 27.6. The van der Waals surface area contributed by atoms with E-state index in [4.69, 9.17) is 9.72 Å². The van der Waals surface area contributed by atoms with Gasteiger partial charge < -0.3 is 15.0 Å². The van der Waals surface area contributed by atoms with Crippen LogP contribution in [0.1, 0.15) is 24.5 Å². The number of carbonyl (C=O) groups excluding carboxylic acids is 1. The van der Waals surface area contributed by atoms with Gasteiger partial charge in [-0.15, -0.1) is 0 Å². The Bertz CT molecular complexity index is 1090. The first-order valence-corrected chi connectivity index (χ1v) is 10.4. The summed E-state index contributed by atoms with van der Waals surface area (Å²) >= 11 is 0.